The third-order valence-corrected chi connectivity index (χ3v) is 4.12. The highest BCUT2D eigenvalue weighted by Gasteiger charge is 2.21. The van der Waals surface area contributed by atoms with Crippen LogP contribution in [0, 0.1) is 11.8 Å². The van der Waals surface area contributed by atoms with Gasteiger partial charge in [0.1, 0.15) is 5.75 Å². The van der Waals surface area contributed by atoms with E-state index in [1.807, 2.05) is 20.0 Å². The summed E-state index contributed by atoms with van der Waals surface area (Å²) in [4.78, 5) is 0. The highest BCUT2D eigenvalue weighted by molar-refractivity contribution is 9.10. The van der Waals surface area contributed by atoms with Crippen molar-refractivity contribution in [1.29, 1.82) is 0 Å². The summed E-state index contributed by atoms with van der Waals surface area (Å²) in [5, 5.41) is 3.42. The Labute approximate surface area is 119 Å². The molecule has 2 unspecified atom stereocenters. The predicted octanol–water partition coefficient (Wildman–Crippen LogP) is 4.40. The highest BCUT2D eigenvalue weighted by Crippen LogP contribution is 2.32. The van der Waals surface area contributed by atoms with Gasteiger partial charge < -0.3 is 10.1 Å². The van der Waals surface area contributed by atoms with Crippen LogP contribution in [0.1, 0.15) is 39.3 Å². The Balaban J connectivity index is 2.97. The molecule has 0 saturated heterocycles. The lowest BCUT2D eigenvalue weighted by molar-refractivity contribution is 0.315. The van der Waals surface area contributed by atoms with Gasteiger partial charge >= 0.3 is 0 Å². The van der Waals surface area contributed by atoms with Crippen LogP contribution in [0.3, 0.4) is 0 Å². The van der Waals surface area contributed by atoms with Gasteiger partial charge in [-0.05, 0) is 59.4 Å². The maximum atomic E-state index is 5.55. The van der Waals surface area contributed by atoms with Crippen molar-refractivity contribution in [2.75, 3.05) is 13.7 Å². The second kappa shape index (κ2) is 7.15. The quantitative estimate of drug-likeness (QED) is 0.840. The Morgan fingerprint density at radius 2 is 1.94 bits per heavy atom. The van der Waals surface area contributed by atoms with E-state index in [1.54, 1.807) is 0 Å². The van der Waals surface area contributed by atoms with E-state index in [9.17, 15) is 0 Å². The SMILES string of the molecule is CCOc1ccc(C(NC)C(C)C(C)C)cc1Br. The maximum Gasteiger partial charge on any atom is 0.133 e. The molecule has 1 rings (SSSR count). The second-order valence-corrected chi connectivity index (χ2v) is 5.85. The minimum atomic E-state index is 0.372. The molecule has 3 heteroatoms. The molecule has 18 heavy (non-hydrogen) atoms. The summed E-state index contributed by atoms with van der Waals surface area (Å²) in [6.45, 7) is 9.50. The van der Waals surface area contributed by atoms with Crippen molar-refractivity contribution in [3.63, 3.8) is 0 Å². The number of ether oxygens (including phenoxy) is 1. The Kier molecular flexibility index (Phi) is 6.16. The lowest BCUT2D eigenvalue weighted by atomic mass is 9.86. The van der Waals surface area contributed by atoms with Gasteiger partial charge in [0.15, 0.2) is 0 Å². The van der Waals surface area contributed by atoms with Gasteiger partial charge in [-0.15, -0.1) is 0 Å². The van der Waals surface area contributed by atoms with Gasteiger partial charge in [0.05, 0.1) is 11.1 Å². The smallest absolute Gasteiger partial charge is 0.133 e. The van der Waals surface area contributed by atoms with Crippen molar-refractivity contribution in [3.05, 3.63) is 28.2 Å². The van der Waals surface area contributed by atoms with E-state index in [0.717, 1.165) is 10.2 Å². The molecule has 1 aromatic carbocycles. The molecular weight excluding hydrogens is 290 g/mol. The number of rotatable bonds is 6. The average molecular weight is 314 g/mol. The predicted molar refractivity (Wildman–Crippen MR) is 81.1 cm³/mol. The van der Waals surface area contributed by atoms with Crippen LogP contribution >= 0.6 is 15.9 Å². The molecule has 0 aliphatic rings. The molecule has 0 bridgehead atoms. The molecule has 2 nitrogen and oxygen atoms in total. The fourth-order valence-electron chi connectivity index (χ4n) is 2.10. The van der Waals surface area contributed by atoms with Crippen LogP contribution in [0.5, 0.6) is 5.75 Å². The summed E-state index contributed by atoms with van der Waals surface area (Å²) < 4.78 is 6.57. The first-order chi connectivity index (χ1) is 8.51. The molecule has 1 aromatic rings. The minimum Gasteiger partial charge on any atom is -0.493 e. The molecule has 0 saturated carbocycles. The number of benzene rings is 1. The van der Waals surface area contributed by atoms with E-state index in [4.69, 9.17) is 4.74 Å². The van der Waals surface area contributed by atoms with Crippen molar-refractivity contribution in [2.24, 2.45) is 11.8 Å². The summed E-state index contributed by atoms with van der Waals surface area (Å²) in [5.41, 5.74) is 1.30. The van der Waals surface area contributed by atoms with Crippen LogP contribution in [-0.2, 0) is 0 Å². The van der Waals surface area contributed by atoms with E-state index in [1.165, 1.54) is 5.56 Å². The largest absolute Gasteiger partial charge is 0.493 e. The summed E-state index contributed by atoms with van der Waals surface area (Å²) >= 11 is 3.58. The molecule has 0 aromatic heterocycles. The van der Waals surface area contributed by atoms with Crippen LogP contribution < -0.4 is 10.1 Å². The van der Waals surface area contributed by atoms with Crippen LogP contribution in [0.4, 0.5) is 0 Å². The van der Waals surface area contributed by atoms with E-state index < -0.39 is 0 Å². The monoisotopic (exact) mass is 313 g/mol. The zero-order chi connectivity index (χ0) is 13.7. The van der Waals surface area contributed by atoms with Crippen molar-refractivity contribution in [2.45, 2.75) is 33.7 Å². The lowest BCUT2D eigenvalue weighted by Crippen LogP contribution is -2.26. The molecule has 1 N–H and O–H groups in total. The summed E-state index contributed by atoms with van der Waals surface area (Å²) in [5.74, 6) is 2.14. The van der Waals surface area contributed by atoms with Crippen molar-refractivity contribution >= 4 is 15.9 Å². The van der Waals surface area contributed by atoms with Crippen molar-refractivity contribution in [3.8, 4) is 5.75 Å². The first-order valence-corrected chi connectivity index (χ1v) is 7.40. The van der Waals surface area contributed by atoms with Gasteiger partial charge in [0.2, 0.25) is 0 Å². The van der Waals surface area contributed by atoms with E-state index in [-0.39, 0.29) is 0 Å². The normalized spacial score (nSPS) is 14.6. The van der Waals surface area contributed by atoms with Crippen LogP contribution in [-0.4, -0.2) is 13.7 Å². The van der Waals surface area contributed by atoms with Crippen LogP contribution in [0.15, 0.2) is 22.7 Å². The van der Waals surface area contributed by atoms with Crippen LogP contribution in [0.25, 0.3) is 0 Å². The van der Waals surface area contributed by atoms with Gasteiger partial charge in [-0.1, -0.05) is 26.8 Å². The standard InChI is InChI=1S/C15H24BrNO/c1-6-18-14-8-7-12(9-13(14)16)15(17-5)11(4)10(2)3/h7-11,15,17H,6H2,1-5H3. The van der Waals surface area contributed by atoms with E-state index in [0.29, 0.717) is 24.5 Å². The molecule has 0 aliphatic carbocycles. The molecular formula is C15H24BrNO. The van der Waals surface area contributed by atoms with Gasteiger partial charge in [0, 0.05) is 6.04 Å². The topological polar surface area (TPSA) is 21.3 Å². The lowest BCUT2D eigenvalue weighted by Gasteiger charge is -2.27. The summed E-state index contributed by atoms with van der Waals surface area (Å²) in [6, 6.07) is 6.72. The number of nitrogens with one attached hydrogen (secondary N) is 1. The highest BCUT2D eigenvalue weighted by atomic mass is 79.9. The minimum absolute atomic E-state index is 0.372. The second-order valence-electron chi connectivity index (χ2n) is 4.99. The van der Waals surface area contributed by atoms with Crippen molar-refractivity contribution < 1.29 is 4.74 Å². The Morgan fingerprint density at radius 1 is 1.28 bits per heavy atom. The Morgan fingerprint density at radius 3 is 2.39 bits per heavy atom. The van der Waals surface area contributed by atoms with Gasteiger partial charge in [0.25, 0.3) is 0 Å². The van der Waals surface area contributed by atoms with Gasteiger partial charge in [-0.3, -0.25) is 0 Å². The molecule has 0 spiro atoms. The van der Waals surface area contributed by atoms with E-state index in [2.05, 4.69) is 54.2 Å². The Bertz CT molecular complexity index is 379. The zero-order valence-electron chi connectivity index (χ0n) is 12.0. The van der Waals surface area contributed by atoms with Gasteiger partial charge in [-0.2, -0.15) is 0 Å². The van der Waals surface area contributed by atoms with Crippen molar-refractivity contribution in [1.82, 2.24) is 5.32 Å². The van der Waals surface area contributed by atoms with Gasteiger partial charge in [-0.25, -0.2) is 0 Å². The summed E-state index contributed by atoms with van der Waals surface area (Å²) in [6.07, 6.45) is 0. The number of halogens is 1. The fourth-order valence-corrected chi connectivity index (χ4v) is 2.61. The number of hydrogen-bond acceptors (Lipinski definition) is 2. The molecule has 0 radical (unpaired) electrons. The molecule has 102 valence electrons. The molecule has 0 heterocycles. The molecule has 0 amide bonds. The molecule has 2 atom stereocenters. The number of hydrogen-bond donors (Lipinski definition) is 1. The average Bonchev–Trinajstić information content (AvgIpc) is 2.33. The first kappa shape index (κ1) is 15.5. The fraction of sp³-hybridized carbons (Fsp3) is 0.600. The van der Waals surface area contributed by atoms with E-state index >= 15 is 0 Å². The maximum absolute atomic E-state index is 5.55. The Hall–Kier alpha value is -0.540. The zero-order valence-corrected chi connectivity index (χ0v) is 13.5. The van der Waals surface area contributed by atoms with Crippen LogP contribution in [0.2, 0.25) is 0 Å². The third kappa shape index (κ3) is 3.72. The third-order valence-electron chi connectivity index (χ3n) is 3.50. The first-order valence-electron chi connectivity index (χ1n) is 6.60. The molecule has 0 fully saturated rings. The summed E-state index contributed by atoms with van der Waals surface area (Å²) in [7, 11) is 2.02. The molecule has 0 aliphatic heterocycles.